The van der Waals surface area contributed by atoms with Crippen LogP contribution in [0.2, 0.25) is 0 Å². The van der Waals surface area contributed by atoms with Crippen LogP contribution in [-0.2, 0) is 0 Å². The van der Waals surface area contributed by atoms with E-state index < -0.39 is 0 Å². The summed E-state index contributed by atoms with van der Waals surface area (Å²) in [5.74, 6) is 0.209. The molecule has 0 amide bonds. The van der Waals surface area contributed by atoms with Crippen molar-refractivity contribution in [1.82, 2.24) is 0 Å². The van der Waals surface area contributed by atoms with E-state index in [0.717, 1.165) is 15.4 Å². The second kappa shape index (κ2) is 2.76. The van der Waals surface area contributed by atoms with Crippen LogP contribution in [-0.4, -0.2) is 5.11 Å². The van der Waals surface area contributed by atoms with Crippen molar-refractivity contribution in [3.05, 3.63) is 17.7 Å². The van der Waals surface area contributed by atoms with Crippen LogP contribution in [0.1, 0.15) is 5.56 Å². The van der Waals surface area contributed by atoms with Gasteiger partial charge in [0.05, 0.1) is 0 Å². The Hall–Kier alpha value is -0.280. The first-order chi connectivity index (χ1) is 4.61. The lowest BCUT2D eigenvalue weighted by Gasteiger charge is -2.02. The molecule has 1 nitrogen and oxygen atoms in total. The van der Waals surface area contributed by atoms with Crippen molar-refractivity contribution in [2.45, 2.75) is 16.7 Å². The fourth-order valence-electron chi connectivity index (χ4n) is 0.670. The number of phenolic OH excluding ortho intramolecular Hbond substituents is 1. The third-order valence-electron chi connectivity index (χ3n) is 1.34. The zero-order valence-corrected chi connectivity index (χ0v) is 7.29. The van der Waals surface area contributed by atoms with E-state index >= 15 is 0 Å². The van der Waals surface area contributed by atoms with Crippen LogP contribution in [0.15, 0.2) is 21.9 Å². The minimum absolute atomic E-state index is 0.209. The lowest BCUT2D eigenvalue weighted by molar-refractivity contribution is 0.472. The van der Waals surface area contributed by atoms with E-state index in [0.29, 0.717) is 0 Å². The molecule has 0 spiro atoms. The first kappa shape index (κ1) is 7.82. The predicted octanol–water partition coefficient (Wildman–Crippen LogP) is 2.28. The maximum absolute atomic E-state index is 9.02. The van der Waals surface area contributed by atoms with Crippen molar-refractivity contribution in [1.29, 1.82) is 0 Å². The SMILES string of the molecule is Cc1c(S)cc(O)cc1S. The van der Waals surface area contributed by atoms with Gasteiger partial charge in [0.1, 0.15) is 5.75 Å². The van der Waals surface area contributed by atoms with E-state index in [1.165, 1.54) is 0 Å². The molecule has 1 aromatic carbocycles. The molecule has 0 bridgehead atoms. The highest BCUT2D eigenvalue weighted by atomic mass is 32.1. The van der Waals surface area contributed by atoms with Gasteiger partial charge in [-0.3, -0.25) is 0 Å². The normalized spacial score (nSPS) is 9.90. The Balaban J connectivity index is 3.31. The maximum Gasteiger partial charge on any atom is 0.117 e. The van der Waals surface area contributed by atoms with Crippen molar-refractivity contribution in [3.8, 4) is 5.75 Å². The van der Waals surface area contributed by atoms with Crippen molar-refractivity contribution >= 4 is 25.3 Å². The summed E-state index contributed by atoms with van der Waals surface area (Å²) in [6, 6.07) is 3.19. The first-order valence-electron chi connectivity index (χ1n) is 2.83. The van der Waals surface area contributed by atoms with Gasteiger partial charge in [-0.2, -0.15) is 0 Å². The molecule has 0 aliphatic rings. The molecule has 0 heterocycles. The Bertz CT molecular complexity index is 235. The summed E-state index contributed by atoms with van der Waals surface area (Å²) < 4.78 is 0. The number of rotatable bonds is 0. The highest BCUT2D eigenvalue weighted by Crippen LogP contribution is 2.25. The molecule has 0 atom stereocenters. The second-order valence-corrected chi connectivity index (χ2v) is 3.07. The van der Waals surface area contributed by atoms with Crippen LogP contribution < -0.4 is 0 Å². The van der Waals surface area contributed by atoms with Gasteiger partial charge in [-0.15, -0.1) is 25.3 Å². The number of hydrogen-bond acceptors (Lipinski definition) is 3. The molecule has 0 aliphatic carbocycles. The van der Waals surface area contributed by atoms with Gasteiger partial charge in [0, 0.05) is 9.79 Å². The smallest absolute Gasteiger partial charge is 0.117 e. The Morgan fingerprint density at radius 3 is 2.00 bits per heavy atom. The van der Waals surface area contributed by atoms with Crippen molar-refractivity contribution in [2.75, 3.05) is 0 Å². The zero-order chi connectivity index (χ0) is 7.72. The average Bonchev–Trinajstić information content (AvgIpc) is 1.82. The monoisotopic (exact) mass is 172 g/mol. The molecule has 0 unspecified atom stereocenters. The van der Waals surface area contributed by atoms with Gasteiger partial charge < -0.3 is 5.11 Å². The topological polar surface area (TPSA) is 20.2 Å². The van der Waals surface area contributed by atoms with Crippen LogP contribution in [0.3, 0.4) is 0 Å². The molecular formula is C7H8OS2. The Morgan fingerprint density at radius 2 is 1.60 bits per heavy atom. The molecule has 0 aromatic heterocycles. The summed E-state index contributed by atoms with van der Waals surface area (Å²) in [4.78, 5) is 1.54. The number of benzene rings is 1. The fraction of sp³-hybridized carbons (Fsp3) is 0.143. The molecule has 0 saturated heterocycles. The Kier molecular flexibility index (Phi) is 2.16. The number of aromatic hydroxyl groups is 1. The number of thiol groups is 2. The van der Waals surface area contributed by atoms with Crippen LogP contribution in [0.25, 0.3) is 0 Å². The van der Waals surface area contributed by atoms with Crippen molar-refractivity contribution in [3.63, 3.8) is 0 Å². The summed E-state index contributed by atoms with van der Waals surface area (Å²) in [7, 11) is 0. The van der Waals surface area contributed by atoms with Gasteiger partial charge in [0.2, 0.25) is 0 Å². The quantitative estimate of drug-likeness (QED) is 0.513. The first-order valence-corrected chi connectivity index (χ1v) is 3.72. The van der Waals surface area contributed by atoms with Crippen LogP contribution in [0.5, 0.6) is 5.75 Å². The Labute approximate surface area is 70.9 Å². The van der Waals surface area contributed by atoms with Gasteiger partial charge in [-0.05, 0) is 24.6 Å². The maximum atomic E-state index is 9.02. The van der Waals surface area contributed by atoms with Gasteiger partial charge >= 0.3 is 0 Å². The molecule has 0 radical (unpaired) electrons. The molecular weight excluding hydrogens is 164 g/mol. The molecule has 0 fully saturated rings. The standard InChI is InChI=1S/C7H8OS2/c1-4-6(9)2-5(8)3-7(4)10/h2-3,8-10H,1H3. The molecule has 1 rings (SSSR count). The van der Waals surface area contributed by atoms with Crippen molar-refractivity contribution in [2.24, 2.45) is 0 Å². The summed E-state index contributed by atoms with van der Waals surface area (Å²) in [6.45, 7) is 1.91. The Morgan fingerprint density at radius 1 is 1.20 bits per heavy atom. The minimum Gasteiger partial charge on any atom is -0.508 e. The third kappa shape index (κ3) is 1.41. The van der Waals surface area contributed by atoms with Crippen molar-refractivity contribution < 1.29 is 5.11 Å². The van der Waals surface area contributed by atoms with E-state index in [9.17, 15) is 0 Å². The van der Waals surface area contributed by atoms with E-state index in [4.69, 9.17) is 5.11 Å². The summed E-state index contributed by atoms with van der Waals surface area (Å²) in [5, 5.41) is 9.02. The van der Waals surface area contributed by atoms with Crippen LogP contribution in [0.4, 0.5) is 0 Å². The molecule has 0 saturated carbocycles. The lowest BCUT2D eigenvalue weighted by Crippen LogP contribution is -1.78. The predicted molar refractivity (Wildman–Crippen MR) is 47.3 cm³/mol. The van der Waals surface area contributed by atoms with Crippen LogP contribution >= 0.6 is 25.3 Å². The zero-order valence-electron chi connectivity index (χ0n) is 5.50. The van der Waals surface area contributed by atoms with Gasteiger partial charge in [-0.1, -0.05) is 0 Å². The van der Waals surface area contributed by atoms with E-state index in [1.54, 1.807) is 12.1 Å². The lowest BCUT2D eigenvalue weighted by atomic mass is 10.2. The summed E-state index contributed by atoms with van der Waals surface area (Å²) >= 11 is 8.26. The highest BCUT2D eigenvalue weighted by Gasteiger charge is 1.99. The second-order valence-electron chi connectivity index (χ2n) is 2.11. The molecule has 1 aromatic rings. The van der Waals surface area contributed by atoms with Gasteiger partial charge in [0.25, 0.3) is 0 Å². The molecule has 54 valence electrons. The number of hydrogen-bond donors (Lipinski definition) is 3. The summed E-state index contributed by atoms with van der Waals surface area (Å²) in [6.07, 6.45) is 0. The number of phenols is 1. The minimum atomic E-state index is 0.209. The average molecular weight is 172 g/mol. The van der Waals surface area contributed by atoms with E-state index in [1.807, 2.05) is 6.92 Å². The molecule has 0 aliphatic heterocycles. The van der Waals surface area contributed by atoms with Crippen LogP contribution in [0, 0.1) is 6.92 Å². The van der Waals surface area contributed by atoms with Gasteiger partial charge in [0.15, 0.2) is 0 Å². The molecule has 1 N–H and O–H groups in total. The van der Waals surface area contributed by atoms with E-state index in [2.05, 4.69) is 25.3 Å². The van der Waals surface area contributed by atoms with E-state index in [-0.39, 0.29) is 5.75 Å². The van der Waals surface area contributed by atoms with Gasteiger partial charge in [-0.25, -0.2) is 0 Å². The fourth-order valence-corrected chi connectivity index (χ4v) is 1.26. The summed E-state index contributed by atoms with van der Waals surface area (Å²) in [5.41, 5.74) is 0.990. The largest absolute Gasteiger partial charge is 0.508 e. The third-order valence-corrected chi connectivity index (χ3v) is 2.27. The molecule has 3 heteroatoms. The highest BCUT2D eigenvalue weighted by molar-refractivity contribution is 7.81. The molecule has 10 heavy (non-hydrogen) atoms.